The fourth-order valence-electron chi connectivity index (χ4n) is 3.23. The normalized spacial score (nSPS) is 11.9. The standard InChI is InChI=1S/C19H12Cl2N4O5/c20-9-6-11(21)14-12(7-9)24-16-15(26)10-5-8(1-2-13(10)25(16)18(14)28)17(27)22-3-4-23-19(29)30/h1-2,5-7,23H,3-4H2,(H,22,27)(H,29,30). The van der Waals surface area contributed by atoms with Gasteiger partial charge in [-0.05, 0) is 30.3 Å². The molecule has 1 aliphatic heterocycles. The van der Waals surface area contributed by atoms with Gasteiger partial charge in [0.2, 0.25) is 5.78 Å². The molecule has 30 heavy (non-hydrogen) atoms. The molecule has 3 aromatic rings. The number of carbonyl (C=O) groups is 3. The Morgan fingerprint density at radius 3 is 2.53 bits per heavy atom. The summed E-state index contributed by atoms with van der Waals surface area (Å²) >= 11 is 12.1. The van der Waals surface area contributed by atoms with Crippen molar-refractivity contribution in [1.82, 2.24) is 20.2 Å². The molecule has 0 saturated heterocycles. The van der Waals surface area contributed by atoms with Crippen LogP contribution in [0.1, 0.15) is 26.5 Å². The highest BCUT2D eigenvalue weighted by Crippen LogP contribution is 2.30. The number of ketones is 1. The van der Waals surface area contributed by atoms with Crippen molar-refractivity contribution in [3.05, 3.63) is 67.7 Å². The van der Waals surface area contributed by atoms with E-state index < -0.39 is 23.3 Å². The van der Waals surface area contributed by atoms with Gasteiger partial charge in [0.1, 0.15) is 0 Å². The summed E-state index contributed by atoms with van der Waals surface area (Å²) in [5, 5.41) is 13.7. The number of halogens is 2. The average Bonchev–Trinajstić information content (AvgIpc) is 2.96. The predicted molar refractivity (Wildman–Crippen MR) is 109 cm³/mol. The van der Waals surface area contributed by atoms with Crippen molar-refractivity contribution in [3.8, 4) is 5.69 Å². The zero-order chi connectivity index (χ0) is 21.6. The van der Waals surface area contributed by atoms with Crippen LogP contribution in [0.4, 0.5) is 4.79 Å². The van der Waals surface area contributed by atoms with Crippen molar-refractivity contribution < 1.29 is 19.5 Å². The van der Waals surface area contributed by atoms with E-state index in [1.54, 1.807) is 0 Å². The number of carboxylic acid groups (broad SMARTS) is 1. The van der Waals surface area contributed by atoms with E-state index >= 15 is 0 Å². The summed E-state index contributed by atoms with van der Waals surface area (Å²) < 4.78 is 1.16. The van der Waals surface area contributed by atoms with Crippen molar-refractivity contribution in [1.29, 1.82) is 0 Å². The summed E-state index contributed by atoms with van der Waals surface area (Å²) in [6, 6.07) is 7.18. The van der Waals surface area contributed by atoms with E-state index in [4.69, 9.17) is 28.3 Å². The van der Waals surface area contributed by atoms with Crippen LogP contribution in [0.3, 0.4) is 0 Å². The number of benzene rings is 2. The maximum Gasteiger partial charge on any atom is 0.404 e. The van der Waals surface area contributed by atoms with Crippen molar-refractivity contribution in [2.45, 2.75) is 0 Å². The topological polar surface area (TPSA) is 130 Å². The van der Waals surface area contributed by atoms with Crippen LogP contribution >= 0.6 is 23.2 Å². The molecule has 1 aromatic heterocycles. The molecule has 152 valence electrons. The molecular weight excluding hydrogens is 435 g/mol. The number of hydrogen-bond donors (Lipinski definition) is 3. The number of nitrogens with zero attached hydrogens (tertiary/aromatic N) is 2. The highest BCUT2D eigenvalue weighted by atomic mass is 35.5. The van der Waals surface area contributed by atoms with Crippen LogP contribution in [0, 0.1) is 0 Å². The maximum absolute atomic E-state index is 13.0. The van der Waals surface area contributed by atoms with Crippen LogP contribution in [0.5, 0.6) is 0 Å². The van der Waals surface area contributed by atoms with Crippen LogP contribution in [-0.4, -0.2) is 45.5 Å². The van der Waals surface area contributed by atoms with E-state index in [-0.39, 0.29) is 51.0 Å². The minimum atomic E-state index is -1.20. The molecule has 2 heterocycles. The van der Waals surface area contributed by atoms with Gasteiger partial charge in [-0.25, -0.2) is 9.78 Å². The summed E-state index contributed by atoms with van der Waals surface area (Å²) in [5.41, 5.74) is 0.316. The molecule has 11 heteroatoms. The number of rotatable bonds is 4. The Bertz CT molecular complexity index is 1320. The van der Waals surface area contributed by atoms with Gasteiger partial charge in [0.25, 0.3) is 11.5 Å². The van der Waals surface area contributed by atoms with Gasteiger partial charge in [0, 0.05) is 23.7 Å². The zero-order valence-electron chi connectivity index (χ0n) is 15.0. The van der Waals surface area contributed by atoms with E-state index in [9.17, 15) is 19.2 Å². The van der Waals surface area contributed by atoms with Crippen molar-refractivity contribution in [2.24, 2.45) is 0 Å². The maximum atomic E-state index is 13.0. The Labute approximate surface area is 178 Å². The van der Waals surface area contributed by atoms with Gasteiger partial charge in [-0.3, -0.25) is 19.0 Å². The lowest BCUT2D eigenvalue weighted by molar-refractivity contribution is 0.0953. The van der Waals surface area contributed by atoms with E-state index in [0.29, 0.717) is 5.69 Å². The van der Waals surface area contributed by atoms with Gasteiger partial charge < -0.3 is 15.7 Å². The average molecular weight is 447 g/mol. The fraction of sp³-hybridized carbons (Fsp3) is 0.105. The fourth-order valence-corrected chi connectivity index (χ4v) is 3.79. The molecule has 0 fully saturated rings. The summed E-state index contributed by atoms with van der Waals surface area (Å²) in [6.45, 7) is 0.105. The molecule has 9 nitrogen and oxygen atoms in total. The molecule has 2 amide bonds. The third-order valence-corrected chi connectivity index (χ3v) is 5.04. The lowest BCUT2D eigenvalue weighted by Gasteiger charge is -2.08. The first-order valence-corrected chi connectivity index (χ1v) is 9.39. The van der Waals surface area contributed by atoms with Crippen molar-refractivity contribution in [3.63, 3.8) is 0 Å². The van der Waals surface area contributed by atoms with E-state index in [2.05, 4.69) is 15.6 Å². The van der Waals surface area contributed by atoms with Gasteiger partial charge in [-0.15, -0.1) is 0 Å². The molecule has 0 radical (unpaired) electrons. The first-order chi connectivity index (χ1) is 14.3. The third kappa shape index (κ3) is 3.27. The molecule has 0 spiro atoms. The number of carbonyl (C=O) groups excluding carboxylic acids is 2. The quantitative estimate of drug-likeness (QED) is 0.412. The van der Waals surface area contributed by atoms with Crippen molar-refractivity contribution in [2.75, 3.05) is 13.1 Å². The monoisotopic (exact) mass is 446 g/mol. The Balaban J connectivity index is 1.72. The number of hydrogen-bond acceptors (Lipinski definition) is 5. The van der Waals surface area contributed by atoms with E-state index in [1.165, 1.54) is 30.3 Å². The Kier molecular flexibility index (Phi) is 4.92. The van der Waals surface area contributed by atoms with Crippen LogP contribution in [0.15, 0.2) is 35.1 Å². The molecular formula is C19H12Cl2N4O5. The second-order valence-corrected chi connectivity index (χ2v) is 7.25. The Morgan fingerprint density at radius 2 is 1.80 bits per heavy atom. The minimum Gasteiger partial charge on any atom is -0.465 e. The number of fused-ring (bicyclic) bond motifs is 4. The van der Waals surface area contributed by atoms with Gasteiger partial charge in [-0.1, -0.05) is 23.2 Å². The van der Waals surface area contributed by atoms with Gasteiger partial charge in [0.05, 0.1) is 27.2 Å². The van der Waals surface area contributed by atoms with Crippen LogP contribution < -0.4 is 16.2 Å². The first kappa shape index (κ1) is 19.9. The van der Waals surface area contributed by atoms with E-state index in [0.717, 1.165) is 4.57 Å². The molecule has 0 saturated carbocycles. The van der Waals surface area contributed by atoms with Gasteiger partial charge in [0.15, 0.2) is 5.82 Å². The molecule has 0 aliphatic carbocycles. The van der Waals surface area contributed by atoms with Crippen LogP contribution in [0.25, 0.3) is 16.6 Å². The second-order valence-electron chi connectivity index (χ2n) is 6.41. The minimum absolute atomic E-state index is 0.0333. The number of nitrogens with one attached hydrogen (secondary N) is 2. The van der Waals surface area contributed by atoms with Gasteiger partial charge in [-0.2, -0.15) is 0 Å². The van der Waals surface area contributed by atoms with E-state index in [1.807, 2.05) is 0 Å². The second kappa shape index (κ2) is 7.43. The highest BCUT2D eigenvalue weighted by molar-refractivity contribution is 6.38. The molecule has 0 atom stereocenters. The molecule has 0 bridgehead atoms. The Morgan fingerprint density at radius 1 is 1.07 bits per heavy atom. The molecule has 3 N–H and O–H groups in total. The Hall–Kier alpha value is -3.43. The third-order valence-electron chi connectivity index (χ3n) is 4.52. The number of aromatic nitrogens is 2. The van der Waals surface area contributed by atoms with Crippen LogP contribution in [0.2, 0.25) is 10.0 Å². The number of amides is 2. The SMILES string of the molecule is O=C(O)NCCNC(=O)c1ccc2c(c1)C(=O)c1nc3cc(Cl)cc(Cl)c3c(=O)n1-2. The summed E-state index contributed by atoms with van der Waals surface area (Å²) in [5.74, 6) is -1.10. The van der Waals surface area contributed by atoms with Crippen molar-refractivity contribution >= 4 is 51.9 Å². The van der Waals surface area contributed by atoms with Crippen LogP contribution in [-0.2, 0) is 0 Å². The lowest BCUT2D eigenvalue weighted by atomic mass is 10.1. The smallest absolute Gasteiger partial charge is 0.404 e. The predicted octanol–water partition coefficient (Wildman–Crippen LogP) is 2.23. The summed E-state index contributed by atoms with van der Waals surface area (Å²) in [4.78, 5) is 52.9. The summed E-state index contributed by atoms with van der Waals surface area (Å²) in [6.07, 6.45) is -1.20. The zero-order valence-corrected chi connectivity index (χ0v) is 16.5. The van der Waals surface area contributed by atoms with Gasteiger partial charge >= 0.3 is 6.09 Å². The molecule has 2 aromatic carbocycles. The first-order valence-electron chi connectivity index (χ1n) is 8.64. The largest absolute Gasteiger partial charge is 0.465 e. The lowest BCUT2D eigenvalue weighted by Crippen LogP contribution is -2.34. The summed E-state index contributed by atoms with van der Waals surface area (Å²) in [7, 11) is 0. The highest BCUT2D eigenvalue weighted by Gasteiger charge is 2.31. The molecule has 1 aliphatic rings. The molecule has 0 unspecified atom stereocenters. The molecule has 4 rings (SSSR count).